The van der Waals surface area contributed by atoms with Gasteiger partial charge < -0.3 is 5.73 Å². The SMILES string of the molecule is NC(=O)c1nc(-c2ccc(Cl)cc2Cl)cs1. The number of nitrogens with zero attached hydrogens (tertiary/aromatic N) is 1. The zero-order chi connectivity index (χ0) is 11.7. The molecule has 1 heterocycles. The molecule has 1 amide bonds. The minimum atomic E-state index is -0.540. The van der Waals surface area contributed by atoms with Crippen molar-refractivity contribution in [1.82, 2.24) is 4.98 Å². The van der Waals surface area contributed by atoms with E-state index in [0.29, 0.717) is 15.7 Å². The fourth-order valence-corrected chi connectivity index (χ4v) is 2.38. The second kappa shape index (κ2) is 4.41. The van der Waals surface area contributed by atoms with Gasteiger partial charge in [0.15, 0.2) is 5.01 Å². The van der Waals surface area contributed by atoms with Gasteiger partial charge in [-0.2, -0.15) is 0 Å². The Labute approximate surface area is 106 Å². The first-order chi connectivity index (χ1) is 7.58. The van der Waals surface area contributed by atoms with Crippen LogP contribution in [0.2, 0.25) is 10.0 Å². The summed E-state index contributed by atoms with van der Waals surface area (Å²) in [7, 11) is 0. The molecule has 6 heteroatoms. The molecule has 0 saturated heterocycles. The van der Waals surface area contributed by atoms with Crippen molar-refractivity contribution in [2.45, 2.75) is 0 Å². The van der Waals surface area contributed by atoms with Gasteiger partial charge in [-0.3, -0.25) is 4.79 Å². The number of hydrogen-bond donors (Lipinski definition) is 1. The molecular formula is C10H6Cl2N2OS. The van der Waals surface area contributed by atoms with Crippen LogP contribution >= 0.6 is 34.5 Å². The van der Waals surface area contributed by atoms with Crippen molar-refractivity contribution in [3.63, 3.8) is 0 Å². The maximum Gasteiger partial charge on any atom is 0.277 e. The fourth-order valence-electron chi connectivity index (χ4n) is 1.21. The third-order valence-corrected chi connectivity index (χ3v) is 3.33. The van der Waals surface area contributed by atoms with Crippen molar-refractivity contribution in [2.75, 3.05) is 0 Å². The van der Waals surface area contributed by atoms with Gasteiger partial charge in [0.05, 0.1) is 10.7 Å². The lowest BCUT2D eigenvalue weighted by Crippen LogP contribution is -2.10. The first-order valence-electron chi connectivity index (χ1n) is 4.28. The van der Waals surface area contributed by atoms with E-state index < -0.39 is 5.91 Å². The number of thiazole rings is 1. The number of halogens is 2. The summed E-state index contributed by atoms with van der Waals surface area (Å²) < 4.78 is 0. The van der Waals surface area contributed by atoms with E-state index in [0.717, 1.165) is 5.56 Å². The van der Waals surface area contributed by atoms with Crippen LogP contribution in [0.25, 0.3) is 11.3 Å². The van der Waals surface area contributed by atoms with Gasteiger partial charge in [-0.05, 0) is 18.2 Å². The van der Waals surface area contributed by atoms with Crippen molar-refractivity contribution >= 4 is 40.4 Å². The molecule has 0 aliphatic rings. The van der Waals surface area contributed by atoms with Crippen molar-refractivity contribution < 1.29 is 4.79 Å². The van der Waals surface area contributed by atoms with E-state index in [4.69, 9.17) is 28.9 Å². The highest BCUT2D eigenvalue weighted by Gasteiger charge is 2.11. The standard InChI is InChI=1S/C10H6Cl2N2OS/c11-5-1-2-6(7(12)3-5)8-4-16-10(14-8)9(13)15/h1-4H,(H2,13,15). The van der Waals surface area contributed by atoms with E-state index in [9.17, 15) is 4.79 Å². The Morgan fingerprint density at radius 2 is 2.12 bits per heavy atom. The molecule has 2 N–H and O–H groups in total. The van der Waals surface area contributed by atoms with Crippen LogP contribution in [0.15, 0.2) is 23.6 Å². The number of primary amides is 1. The van der Waals surface area contributed by atoms with E-state index in [2.05, 4.69) is 4.98 Å². The van der Waals surface area contributed by atoms with Crippen molar-refractivity contribution in [3.05, 3.63) is 38.6 Å². The van der Waals surface area contributed by atoms with Crippen LogP contribution in [0.4, 0.5) is 0 Å². The Kier molecular flexibility index (Phi) is 3.14. The molecule has 0 fully saturated rings. The summed E-state index contributed by atoms with van der Waals surface area (Å²) in [5.74, 6) is -0.540. The zero-order valence-corrected chi connectivity index (χ0v) is 10.2. The Morgan fingerprint density at radius 3 is 2.69 bits per heavy atom. The molecule has 0 aliphatic carbocycles. The van der Waals surface area contributed by atoms with Gasteiger partial charge in [-0.15, -0.1) is 11.3 Å². The molecule has 82 valence electrons. The Hall–Kier alpha value is -1.10. The van der Waals surface area contributed by atoms with Crippen LogP contribution in [-0.2, 0) is 0 Å². The maximum absolute atomic E-state index is 10.9. The van der Waals surface area contributed by atoms with Gasteiger partial charge in [0.2, 0.25) is 0 Å². The van der Waals surface area contributed by atoms with E-state index in [-0.39, 0.29) is 5.01 Å². The number of rotatable bonds is 2. The van der Waals surface area contributed by atoms with E-state index in [1.165, 1.54) is 11.3 Å². The molecule has 0 saturated carbocycles. The average Bonchev–Trinajstić information content (AvgIpc) is 2.66. The quantitative estimate of drug-likeness (QED) is 0.913. The molecule has 1 aromatic heterocycles. The summed E-state index contributed by atoms with van der Waals surface area (Å²) in [5.41, 5.74) is 6.48. The van der Waals surface area contributed by atoms with Crippen LogP contribution in [-0.4, -0.2) is 10.9 Å². The highest BCUT2D eigenvalue weighted by Crippen LogP contribution is 2.30. The summed E-state index contributed by atoms with van der Waals surface area (Å²) >= 11 is 13.0. The number of nitrogens with two attached hydrogens (primary N) is 1. The molecule has 0 atom stereocenters. The first kappa shape index (κ1) is 11.4. The second-order valence-electron chi connectivity index (χ2n) is 3.03. The topological polar surface area (TPSA) is 56.0 Å². The van der Waals surface area contributed by atoms with Gasteiger partial charge in [-0.1, -0.05) is 23.2 Å². The molecule has 0 radical (unpaired) electrons. The van der Waals surface area contributed by atoms with E-state index in [1.54, 1.807) is 23.6 Å². The van der Waals surface area contributed by atoms with Gasteiger partial charge in [0.1, 0.15) is 0 Å². The van der Waals surface area contributed by atoms with Gasteiger partial charge in [0.25, 0.3) is 5.91 Å². The molecule has 0 unspecified atom stereocenters. The predicted molar refractivity (Wildman–Crippen MR) is 66.1 cm³/mol. The number of carbonyl (C=O) groups is 1. The smallest absolute Gasteiger partial charge is 0.277 e. The molecule has 3 nitrogen and oxygen atoms in total. The fraction of sp³-hybridized carbons (Fsp3) is 0. The van der Waals surface area contributed by atoms with E-state index >= 15 is 0 Å². The summed E-state index contributed by atoms with van der Waals surface area (Å²) in [6, 6.07) is 5.10. The first-order valence-corrected chi connectivity index (χ1v) is 5.92. The highest BCUT2D eigenvalue weighted by atomic mass is 35.5. The van der Waals surface area contributed by atoms with Crippen LogP contribution in [0.3, 0.4) is 0 Å². The molecule has 2 aromatic rings. The number of amides is 1. The largest absolute Gasteiger partial charge is 0.364 e. The van der Waals surface area contributed by atoms with Crippen LogP contribution < -0.4 is 5.73 Å². The summed E-state index contributed by atoms with van der Waals surface area (Å²) in [6.45, 7) is 0. The van der Waals surface area contributed by atoms with Gasteiger partial charge >= 0.3 is 0 Å². The van der Waals surface area contributed by atoms with Crippen LogP contribution in [0.5, 0.6) is 0 Å². The average molecular weight is 273 g/mol. The van der Waals surface area contributed by atoms with E-state index in [1.807, 2.05) is 0 Å². The normalized spacial score (nSPS) is 10.4. The Balaban J connectivity index is 2.46. The monoisotopic (exact) mass is 272 g/mol. The minimum absolute atomic E-state index is 0.265. The molecule has 1 aromatic carbocycles. The molecule has 0 bridgehead atoms. The molecular weight excluding hydrogens is 267 g/mol. The number of carbonyl (C=O) groups excluding carboxylic acids is 1. The van der Waals surface area contributed by atoms with Crippen molar-refractivity contribution in [3.8, 4) is 11.3 Å². The second-order valence-corrected chi connectivity index (χ2v) is 4.73. The number of benzene rings is 1. The number of hydrogen-bond acceptors (Lipinski definition) is 3. The third kappa shape index (κ3) is 2.19. The zero-order valence-electron chi connectivity index (χ0n) is 7.91. The van der Waals surface area contributed by atoms with Gasteiger partial charge in [-0.25, -0.2) is 4.98 Å². The molecule has 2 rings (SSSR count). The lowest BCUT2D eigenvalue weighted by molar-refractivity contribution is 0.1000. The molecule has 0 aliphatic heterocycles. The highest BCUT2D eigenvalue weighted by molar-refractivity contribution is 7.12. The maximum atomic E-state index is 10.9. The third-order valence-electron chi connectivity index (χ3n) is 1.92. The summed E-state index contributed by atoms with van der Waals surface area (Å²) in [6.07, 6.45) is 0. The minimum Gasteiger partial charge on any atom is -0.364 e. The molecule has 0 spiro atoms. The number of aromatic nitrogens is 1. The Bertz CT molecular complexity index is 554. The summed E-state index contributed by atoms with van der Waals surface area (Å²) in [4.78, 5) is 15.0. The van der Waals surface area contributed by atoms with Crippen LogP contribution in [0.1, 0.15) is 9.80 Å². The molecule has 16 heavy (non-hydrogen) atoms. The Morgan fingerprint density at radius 1 is 1.38 bits per heavy atom. The lowest BCUT2D eigenvalue weighted by atomic mass is 10.2. The van der Waals surface area contributed by atoms with Crippen molar-refractivity contribution in [1.29, 1.82) is 0 Å². The van der Waals surface area contributed by atoms with Gasteiger partial charge in [0, 0.05) is 16.0 Å². The van der Waals surface area contributed by atoms with Crippen LogP contribution in [0, 0.1) is 0 Å². The summed E-state index contributed by atoms with van der Waals surface area (Å²) in [5, 5.41) is 3.05. The van der Waals surface area contributed by atoms with Crippen molar-refractivity contribution in [2.24, 2.45) is 5.73 Å². The predicted octanol–water partition coefficient (Wildman–Crippen LogP) is 3.22. The lowest BCUT2D eigenvalue weighted by Gasteiger charge is -2.00.